The second-order valence-electron chi connectivity index (χ2n) is 5.77. The zero-order chi connectivity index (χ0) is 12.7. The minimum absolute atomic E-state index is 0.751. The molecule has 0 aromatic heterocycles. The molecular formula is C15H33N. The van der Waals surface area contributed by atoms with E-state index in [1.54, 1.807) is 0 Å². The molecule has 1 nitrogen and oxygen atoms in total. The SMILES string of the molecule is CCC(CC)CC(C(C)C)C(CC)N(C)C. The summed E-state index contributed by atoms with van der Waals surface area (Å²) >= 11 is 0. The molecule has 0 aromatic carbocycles. The summed E-state index contributed by atoms with van der Waals surface area (Å²) in [4.78, 5) is 2.42. The van der Waals surface area contributed by atoms with Gasteiger partial charge in [-0.15, -0.1) is 0 Å². The normalized spacial score (nSPS) is 16.1. The molecule has 0 N–H and O–H groups in total. The van der Waals surface area contributed by atoms with E-state index in [4.69, 9.17) is 0 Å². The Morgan fingerprint density at radius 1 is 0.875 bits per heavy atom. The first kappa shape index (κ1) is 16.0. The van der Waals surface area contributed by atoms with Crippen LogP contribution in [-0.2, 0) is 0 Å². The minimum atomic E-state index is 0.751. The lowest BCUT2D eigenvalue weighted by Crippen LogP contribution is -2.38. The van der Waals surface area contributed by atoms with Gasteiger partial charge in [0.15, 0.2) is 0 Å². The molecule has 0 saturated carbocycles. The first-order valence-electron chi connectivity index (χ1n) is 7.14. The molecule has 0 spiro atoms. The van der Waals surface area contributed by atoms with Crippen LogP contribution in [0.5, 0.6) is 0 Å². The molecule has 0 aliphatic rings. The Hall–Kier alpha value is -0.0400. The van der Waals surface area contributed by atoms with Crippen LogP contribution in [-0.4, -0.2) is 25.0 Å². The summed E-state index contributed by atoms with van der Waals surface area (Å²) in [6, 6.07) is 0.751. The Kier molecular flexibility index (Phi) is 8.09. The van der Waals surface area contributed by atoms with E-state index in [0.29, 0.717) is 0 Å². The van der Waals surface area contributed by atoms with Crippen LogP contribution < -0.4 is 0 Å². The molecule has 98 valence electrons. The van der Waals surface area contributed by atoms with Crippen LogP contribution in [0.1, 0.15) is 60.3 Å². The molecule has 2 atom stereocenters. The van der Waals surface area contributed by atoms with Gasteiger partial charge < -0.3 is 4.90 Å². The second kappa shape index (κ2) is 8.11. The molecule has 2 unspecified atom stereocenters. The Labute approximate surface area is 104 Å². The summed E-state index contributed by atoms with van der Waals surface area (Å²) in [6.07, 6.45) is 5.35. The van der Waals surface area contributed by atoms with Crippen molar-refractivity contribution in [3.63, 3.8) is 0 Å². The Balaban J connectivity index is 4.58. The first-order chi connectivity index (χ1) is 7.47. The van der Waals surface area contributed by atoms with Crippen molar-refractivity contribution >= 4 is 0 Å². The van der Waals surface area contributed by atoms with E-state index in [9.17, 15) is 0 Å². The van der Waals surface area contributed by atoms with Crippen molar-refractivity contribution in [2.45, 2.75) is 66.3 Å². The van der Waals surface area contributed by atoms with Gasteiger partial charge >= 0.3 is 0 Å². The number of rotatable bonds is 8. The predicted molar refractivity (Wildman–Crippen MR) is 74.8 cm³/mol. The van der Waals surface area contributed by atoms with Gasteiger partial charge in [0, 0.05) is 6.04 Å². The zero-order valence-electron chi connectivity index (χ0n) is 12.6. The van der Waals surface area contributed by atoms with Crippen LogP contribution in [0.3, 0.4) is 0 Å². The average molecular weight is 227 g/mol. The lowest BCUT2D eigenvalue weighted by Gasteiger charge is -2.36. The Morgan fingerprint density at radius 3 is 1.62 bits per heavy atom. The summed E-state index contributed by atoms with van der Waals surface area (Å²) in [5.74, 6) is 2.57. The first-order valence-corrected chi connectivity index (χ1v) is 7.14. The highest BCUT2D eigenvalue weighted by atomic mass is 15.1. The van der Waals surface area contributed by atoms with Gasteiger partial charge in [-0.2, -0.15) is 0 Å². The van der Waals surface area contributed by atoms with Crippen molar-refractivity contribution in [1.29, 1.82) is 0 Å². The van der Waals surface area contributed by atoms with E-state index >= 15 is 0 Å². The van der Waals surface area contributed by atoms with Gasteiger partial charge in [0.2, 0.25) is 0 Å². The van der Waals surface area contributed by atoms with Crippen LogP contribution in [0.15, 0.2) is 0 Å². The van der Waals surface area contributed by atoms with Crippen LogP contribution in [0, 0.1) is 17.8 Å². The van der Waals surface area contributed by atoms with Crippen molar-refractivity contribution in [1.82, 2.24) is 4.90 Å². The quantitative estimate of drug-likeness (QED) is 0.593. The second-order valence-corrected chi connectivity index (χ2v) is 5.77. The largest absolute Gasteiger partial charge is 0.306 e. The molecule has 0 bridgehead atoms. The van der Waals surface area contributed by atoms with Crippen molar-refractivity contribution in [2.24, 2.45) is 17.8 Å². The summed E-state index contributed by atoms with van der Waals surface area (Å²) in [6.45, 7) is 11.8. The number of hydrogen-bond acceptors (Lipinski definition) is 1. The lowest BCUT2D eigenvalue weighted by atomic mass is 9.78. The molecule has 0 radical (unpaired) electrons. The highest BCUT2D eigenvalue weighted by molar-refractivity contribution is 4.79. The zero-order valence-corrected chi connectivity index (χ0v) is 12.6. The van der Waals surface area contributed by atoms with Gasteiger partial charge in [-0.05, 0) is 44.7 Å². The van der Waals surface area contributed by atoms with Crippen LogP contribution in [0.4, 0.5) is 0 Å². The fourth-order valence-corrected chi connectivity index (χ4v) is 2.93. The summed E-state index contributed by atoms with van der Waals surface area (Å²) in [5.41, 5.74) is 0. The minimum Gasteiger partial charge on any atom is -0.306 e. The van der Waals surface area contributed by atoms with Gasteiger partial charge in [0.05, 0.1) is 0 Å². The van der Waals surface area contributed by atoms with Crippen LogP contribution in [0.25, 0.3) is 0 Å². The summed E-state index contributed by atoms with van der Waals surface area (Å²) in [7, 11) is 4.47. The fourth-order valence-electron chi connectivity index (χ4n) is 2.93. The van der Waals surface area contributed by atoms with Crippen LogP contribution in [0.2, 0.25) is 0 Å². The third kappa shape index (κ3) is 4.86. The van der Waals surface area contributed by atoms with Crippen molar-refractivity contribution in [3.8, 4) is 0 Å². The third-order valence-corrected chi connectivity index (χ3v) is 4.19. The monoisotopic (exact) mass is 227 g/mol. The third-order valence-electron chi connectivity index (χ3n) is 4.19. The molecular weight excluding hydrogens is 194 g/mol. The van der Waals surface area contributed by atoms with E-state index in [2.05, 4.69) is 53.6 Å². The van der Waals surface area contributed by atoms with Gasteiger partial charge in [0.25, 0.3) is 0 Å². The van der Waals surface area contributed by atoms with E-state index in [-0.39, 0.29) is 0 Å². The van der Waals surface area contributed by atoms with Gasteiger partial charge in [-0.25, -0.2) is 0 Å². The van der Waals surface area contributed by atoms with Crippen molar-refractivity contribution in [2.75, 3.05) is 14.1 Å². The molecule has 0 aliphatic heterocycles. The maximum atomic E-state index is 2.42. The summed E-state index contributed by atoms with van der Waals surface area (Å²) < 4.78 is 0. The van der Waals surface area contributed by atoms with E-state index < -0.39 is 0 Å². The van der Waals surface area contributed by atoms with E-state index in [1.807, 2.05) is 0 Å². The lowest BCUT2D eigenvalue weighted by molar-refractivity contribution is 0.135. The average Bonchev–Trinajstić information content (AvgIpc) is 2.23. The molecule has 1 heteroatoms. The van der Waals surface area contributed by atoms with Crippen molar-refractivity contribution in [3.05, 3.63) is 0 Å². The summed E-state index contributed by atoms with van der Waals surface area (Å²) in [5, 5.41) is 0. The van der Waals surface area contributed by atoms with Gasteiger partial charge in [-0.1, -0.05) is 47.5 Å². The smallest absolute Gasteiger partial charge is 0.0117 e. The highest BCUT2D eigenvalue weighted by Gasteiger charge is 2.26. The fraction of sp³-hybridized carbons (Fsp3) is 1.00. The standard InChI is InChI=1S/C15H33N/c1-8-13(9-2)11-14(12(4)5)15(10-3)16(6)7/h12-15H,8-11H2,1-7H3. The Bertz CT molecular complexity index is 159. The van der Waals surface area contributed by atoms with Gasteiger partial charge in [-0.3, -0.25) is 0 Å². The van der Waals surface area contributed by atoms with E-state index in [1.165, 1.54) is 25.7 Å². The number of nitrogens with zero attached hydrogens (tertiary/aromatic N) is 1. The predicted octanol–water partition coefficient (Wildman–Crippen LogP) is 4.43. The maximum Gasteiger partial charge on any atom is 0.0117 e. The Morgan fingerprint density at radius 2 is 1.38 bits per heavy atom. The van der Waals surface area contributed by atoms with Crippen LogP contribution >= 0.6 is 0 Å². The molecule has 0 aliphatic carbocycles. The van der Waals surface area contributed by atoms with Gasteiger partial charge in [0.1, 0.15) is 0 Å². The molecule has 0 amide bonds. The number of hydrogen-bond donors (Lipinski definition) is 0. The maximum absolute atomic E-state index is 2.42. The molecule has 0 fully saturated rings. The molecule has 0 aromatic rings. The van der Waals surface area contributed by atoms with E-state index in [0.717, 1.165) is 23.8 Å². The highest BCUT2D eigenvalue weighted by Crippen LogP contribution is 2.30. The molecule has 0 rings (SSSR count). The topological polar surface area (TPSA) is 3.24 Å². The molecule has 16 heavy (non-hydrogen) atoms. The molecule has 0 heterocycles. The molecule has 0 saturated heterocycles. The van der Waals surface area contributed by atoms with Crippen molar-refractivity contribution < 1.29 is 0 Å².